The number of rotatable bonds is 6. The molecule has 0 spiro atoms. The van der Waals surface area contributed by atoms with Crippen molar-refractivity contribution < 1.29 is 30.8 Å². The van der Waals surface area contributed by atoms with E-state index >= 15 is 0 Å². The van der Waals surface area contributed by atoms with E-state index in [0.717, 1.165) is 22.8 Å². The first-order chi connectivity index (χ1) is 15.5. The summed E-state index contributed by atoms with van der Waals surface area (Å²) < 4.78 is 76.0. The van der Waals surface area contributed by atoms with Crippen LogP contribution in [0.1, 0.15) is 32.7 Å². The number of aromatic nitrogens is 1. The zero-order valence-corrected chi connectivity index (χ0v) is 18.0. The summed E-state index contributed by atoms with van der Waals surface area (Å²) in [5.41, 5.74) is -1.89. The summed E-state index contributed by atoms with van der Waals surface area (Å²) in [5, 5.41) is 2.46. The van der Waals surface area contributed by atoms with Crippen LogP contribution in [-0.4, -0.2) is 18.9 Å². The number of benzene rings is 2. The second kappa shape index (κ2) is 9.57. The topological polar surface area (TPSA) is 85.2 Å². The molecular weight excluding hydrogens is 464 g/mol. The van der Waals surface area contributed by atoms with Gasteiger partial charge in [-0.2, -0.15) is 13.2 Å². The standard InChI is InChI=1S/C22H18F4N2O4S/c1-13-19(23)10-18(20(29)27-11-14-5-7-15(8-6-14)12-33(31)32)21(30)28(13)17-4-2-3-16(9-17)22(24,25)26/h2-10,33H,11-12H2,1H3,(H,27,29). The zero-order chi connectivity index (χ0) is 24.3. The highest BCUT2D eigenvalue weighted by Crippen LogP contribution is 2.30. The van der Waals surface area contributed by atoms with E-state index in [4.69, 9.17) is 0 Å². The quantitative estimate of drug-likeness (QED) is 0.417. The summed E-state index contributed by atoms with van der Waals surface area (Å²) >= 11 is 0. The molecule has 0 fully saturated rings. The van der Waals surface area contributed by atoms with Gasteiger partial charge in [0.15, 0.2) is 0 Å². The smallest absolute Gasteiger partial charge is 0.348 e. The molecule has 0 saturated heterocycles. The Bertz CT molecular complexity index is 1320. The Kier molecular flexibility index (Phi) is 7.01. The number of nitrogens with one attached hydrogen (secondary N) is 1. The molecule has 174 valence electrons. The average molecular weight is 482 g/mol. The fraction of sp³-hybridized carbons (Fsp3) is 0.182. The van der Waals surface area contributed by atoms with Gasteiger partial charge < -0.3 is 5.32 Å². The summed E-state index contributed by atoms with van der Waals surface area (Å²) in [5.74, 6) is -1.97. The largest absolute Gasteiger partial charge is 0.416 e. The van der Waals surface area contributed by atoms with Gasteiger partial charge in [0.25, 0.3) is 11.5 Å². The number of amides is 1. The molecule has 1 amide bonds. The number of hydrogen-bond donors (Lipinski definition) is 2. The lowest BCUT2D eigenvalue weighted by molar-refractivity contribution is -0.137. The summed E-state index contributed by atoms with van der Waals surface area (Å²) in [4.78, 5) is 25.5. The molecular formula is C22H18F4N2O4S. The maximum absolute atomic E-state index is 14.5. The van der Waals surface area contributed by atoms with Gasteiger partial charge in [0, 0.05) is 12.2 Å². The minimum absolute atomic E-state index is 0.0406. The molecule has 33 heavy (non-hydrogen) atoms. The van der Waals surface area contributed by atoms with Crippen molar-refractivity contribution in [3.63, 3.8) is 0 Å². The van der Waals surface area contributed by atoms with Gasteiger partial charge in [-0.25, -0.2) is 12.8 Å². The first kappa shape index (κ1) is 24.2. The van der Waals surface area contributed by atoms with Gasteiger partial charge >= 0.3 is 6.18 Å². The Hall–Kier alpha value is -3.47. The third-order valence-corrected chi connectivity index (χ3v) is 5.47. The lowest BCUT2D eigenvalue weighted by Crippen LogP contribution is -2.34. The van der Waals surface area contributed by atoms with Gasteiger partial charge in [-0.15, -0.1) is 0 Å². The summed E-state index contributed by atoms with van der Waals surface area (Å²) in [6.45, 7) is 1.18. The van der Waals surface area contributed by atoms with Crippen LogP contribution in [0.3, 0.4) is 0 Å². The van der Waals surface area contributed by atoms with Crippen molar-refractivity contribution in [1.82, 2.24) is 9.88 Å². The predicted molar refractivity (Wildman–Crippen MR) is 113 cm³/mol. The molecule has 3 aromatic rings. The molecule has 0 saturated carbocycles. The molecule has 0 unspecified atom stereocenters. The van der Waals surface area contributed by atoms with Crippen LogP contribution in [-0.2, 0) is 29.2 Å². The number of pyridine rings is 1. The van der Waals surface area contributed by atoms with E-state index in [1.807, 2.05) is 0 Å². The SMILES string of the molecule is Cc1c(F)cc(C(=O)NCc2ccc(C[SH](=O)=O)cc2)c(=O)n1-c1cccc(C(F)(F)F)c1. The van der Waals surface area contributed by atoms with Gasteiger partial charge in [-0.1, -0.05) is 30.3 Å². The minimum Gasteiger partial charge on any atom is -0.348 e. The second-order valence-electron chi connectivity index (χ2n) is 7.17. The van der Waals surface area contributed by atoms with Crippen molar-refractivity contribution >= 4 is 16.6 Å². The van der Waals surface area contributed by atoms with Crippen LogP contribution in [0.25, 0.3) is 5.69 Å². The highest BCUT2D eigenvalue weighted by atomic mass is 32.2. The molecule has 1 heterocycles. The van der Waals surface area contributed by atoms with E-state index in [-0.39, 0.29) is 23.7 Å². The van der Waals surface area contributed by atoms with Crippen LogP contribution < -0.4 is 10.9 Å². The molecule has 0 atom stereocenters. The summed E-state index contributed by atoms with van der Waals surface area (Å²) in [7, 11) is -2.58. The molecule has 1 aromatic heterocycles. The van der Waals surface area contributed by atoms with Gasteiger partial charge in [0.05, 0.1) is 17.0 Å². The Morgan fingerprint density at radius 2 is 1.67 bits per heavy atom. The highest BCUT2D eigenvalue weighted by molar-refractivity contribution is 7.71. The minimum atomic E-state index is -4.67. The molecule has 0 bridgehead atoms. The van der Waals surface area contributed by atoms with Crippen LogP contribution in [0.15, 0.2) is 59.4 Å². The molecule has 0 aliphatic rings. The second-order valence-corrected chi connectivity index (χ2v) is 8.15. The Balaban J connectivity index is 1.89. The monoisotopic (exact) mass is 482 g/mol. The maximum Gasteiger partial charge on any atom is 0.416 e. The number of thiol groups is 1. The molecule has 2 aromatic carbocycles. The molecule has 0 aliphatic heterocycles. The predicted octanol–water partition coefficient (Wildman–Crippen LogP) is 3.35. The first-order valence-corrected chi connectivity index (χ1v) is 10.9. The summed E-state index contributed by atoms with van der Waals surface area (Å²) in [6.07, 6.45) is -4.67. The number of nitrogens with zero attached hydrogens (tertiary/aromatic N) is 1. The number of halogens is 4. The molecule has 0 radical (unpaired) electrons. The lowest BCUT2D eigenvalue weighted by Gasteiger charge is -2.15. The van der Waals surface area contributed by atoms with Gasteiger partial charge in [-0.05, 0) is 42.3 Å². The van der Waals surface area contributed by atoms with Gasteiger partial charge in [-0.3, -0.25) is 14.2 Å². The third-order valence-electron chi connectivity index (χ3n) is 4.85. The van der Waals surface area contributed by atoms with Crippen LogP contribution in [0, 0.1) is 12.7 Å². The Labute approximate surface area is 187 Å². The van der Waals surface area contributed by atoms with E-state index in [2.05, 4.69) is 5.32 Å². The number of alkyl halides is 3. The first-order valence-electron chi connectivity index (χ1n) is 9.55. The van der Waals surface area contributed by atoms with Gasteiger partial charge in [0.1, 0.15) is 22.1 Å². The van der Waals surface area contributed by atoms with Crippen LogP contribution in [0.4, 0.5) is 17.6 Å². The van der Waals surface area contributed by atoms with Crippen molar-refractivity contribution in [3.8, 4) is 5.69 Å². The van der Waals surface area contributed by atoms with Crippen LogP contribution in [0.5, 0.6) is 0 Å². The average Bonchev–Trinajstić information content (AvgIpc) is 2.75. The van der Waals surface area contributed by atoms with Crippen LogP contribution in [0.2, 0.25) is 0 Å². The lowest BCUT2D eigenvalue weighted by atomic mass is 10.1. The van der Waals surface area contributed by atoms with Crippen molar-refractivity contribution in [2.45, 2.75) is 25.4 Å². The highest BCUT2D eigenvalue weighted by Gasteiger charge is 2.31. The third kappa shape index (κ3) is 5.67. The Morgan fingerprint density at radius 3 is 2.27 bits per heavy atom. The van der Waals surface area contributed by atoms with E-state index in [1.165, 1.54) is 13.0 Å². The molecule has 0 aliphatic carbocycles. The molecule has 11 heteroatoms. The summed E-state index contributed by atoms with van der Waals surface area (Å²) in [6, 6.07) is 10.9. The van der Waals surface area contributed by atoms with Gasteiger partial charge in [0.2, 0.25) is 0 Å². The molecule has 3 rings (SSSR count). The number of hydrogen-bond acceptors (Lipinski definition) is 4. The number of carbonyl (C=O) groups is 1. The normalized spacial score (nSPS) is 11.6. The molecule has 6 nitrogen and oxygen atoms in total. The van der Waals surface area contributed by atoms with E-state index in [0.29, 0.717) is 17.2 Å². The van der Waals surface area contributed by atoms with Crippen molar-refractivity contribution in [2.24, 2.45) is 0 Å². The zero-order valence-electron chi connectivity index (χ0n) is 17.1. The van der Waals surface area contributed by atoms with E-state index in [9.17, 15) is 35.6 Å². The Morgan fingerprint density at radius 1 is 1.03 bits per heavy atom. The van der Waals surface area contributed by atoms with Crippen molar-refractivity contribution in [3.05, 3.63) is 98.7 Å². The maximum atomic E-state index is 14.5. The van der Waals surface area contributed by atoms with Crippen molar-refractivity contribution in [2.75, 3.05) is 0 Å². The fourth-order valence-corrected chi connectivity index (χ4v) is 3.67. The van der Waals surface area contributed by atoms with E-state index < -0.39 is 45.3 Å². The van der Waals surface area contributed by atoms with Crippen LogP contribution >= 0.6 is 0 Å². The van der Waals surface area contributed by atoms with Crippen molar-refractivity contribution in [1.29, 1.82) is 0 Å². The number of carbonyl (C=O) groups excluding carboxylic acids is 1. The molecule has 1 N–H and O–H groups in total. The fourth-order valence-electron chi connectivity index (χ4n) is 3.16. The van der Waals surface area contributed by atoms with E-state index in [1.54, 1.807) is 24.3 Å².